The van der Waals surface area contributed by atoms with E-state index >= 15 is 0 Å². The van der Waals surface area contributed by atoms with Crippen LogP contribution < -0.4 is 5.32 Å². The molecule has 1 heterocycles. The summed E-state index contributed by atoms with van der Waals surface area (Å²) in [6, 6.07) is -0.0567. The number of amides is 1. The Morgan fingerprint density at radius 1 is 1.50 bits per heavy atom. The van der Waals surface area contributed by atoms with E-state index in [1.807, 2.05) is 0 Å². The first-order valence-electron chi connectivity index (χ1n) is 5.33. The summed E-state index contributed by atoms with van der Waals surface area (Å²) in [6.45, 7) is 2.67. The molecule has 114 valence electrons. The van der Waals surface area contributed by atoms with E-state index in [4.69, 9.17) is 10.7 Å². The van der Waals surface area contributed by atoms with Crippen molar-refractivity contribution in [3.63, 3.8) is 0 Å². The monoisotopic (exact) mass is 349 g/mol. The molecule has 0 aliphatic rings. The molecule has 0 aromatic carbocycles. The van der Waals surface area contributed by atoms with Crippen LogP contribution in [0.15, 0.2) is 11.0 Å². The van der Waals surface area contributed by atoms with Crippen LogP contribution in [0.5, 0.6) is 0 Å². The maximum absolute atomic E-state index is 12.1. The highest BCUT2D eigenvalue weighted by atomic mass is 35.7. The smallest absolute Gasteiger partial charge is 0.349 e. The summed E-state index contributed by atoms with van der Waals surface area (Å²) in [5.41, 5.74) is 0. The van der Waals surface area contributed by atoms with E-state index in [-0.39, 0.29) is 9.77 Å². The lowest BCUT2D eigenvalue weighted by atomic mass is 10.2. The number of hydrogen-bond acceptors (Lipinski definition) is 4. The first-order valence-corrected chi connectivity index (χ1v) is 8.45. The molecule has 1 rings (SSSR count). The Hall–Kier alpha value is -0.800. The van der Waals surface area contributed by atoms with Gasteiger partial charge in [-0.3, -0.25) is 4.79 Å². The highest BCUT2D eigenvalue weighted by molar-refractivity contribution is 8.13. The van der Waals surface area contributed by atoms with Crippen LogP contribution in [-0.4, -0.2) is 26.5 Å². The molecular weight excluding hydrogens is 339 g/mol. The number of halogens is 4. The quantitative estimate of drug-likeness (QED) is 0.850. The molecule has 0 fully saturated rings. The fourth-order valence-electron chi connectivity index (χ4n) is 1.51. The molecule has 10 heteroatoms. The minimum atomic E-state index is -4.39. The van der Waals surface area contributed by atoms with Crippen LogP contribution in [0.3, 0.4) is 0 Å². The number of carbonyl (C=O) groups excluding carboxylic acids is 1. The van der Waals surface area contributed by atoms with Crippen LogP contribution >= 0.6 is 22.0 Å². The average molecular weight is 350 g/mol. The van der Waals surface area contributed by atoms with E-state index in [1.165, 1.54) is 13.8 Å². The minimum absolute atomic E-state index is 0.00394. The first-order chi connectivity index (χ1) is 8.90. The van der Waals surface area contributed by atoms with Crippen molar-refractivity contribution in [2.45, 2.75) is 37.4 Å². The van der Waals surface area contributed by atoms with Gasteiger partial charge in [0.15, 0.2) is 0 Å². The molecule has 0 aliphatic carbocycles. The maximum atomic E-state index is 12.1. The number of hydrogen-bond donors (Lipinski definition) is 1. The van der Waals surface area contributed by atoms with Gasteiger partial charge in [0.1, 0.15) is 0 Å². The number of rotatable bonds is 4. The molecular formula is C10H11ClF3NO3S2. The van der Waals surface area contributed by atoms with Gasteiger partial charge in [0.25, 0.3) is 15.0 Å². The standard InChI is InChI=1S/C10H11ClF3NO3S2/c1-5(4-10(12,13)14)15-9(16)7-3-8(6(2)19-7)20(11,17)18/h3,5H,4H2,1-2H3,(H,15,16). The molecule has 1 N–H and O–H groups in total. The second-order valence-corrected chi connectivity index (χ2v) is 7.95. The molecule has 0 bridgehead atoms. The van der Waals surface area contributed by atoms with Gasteiger partial charge in [0.2, 0.25) is 0 Å². The predicted molar refractivity (Wildman–Crippen MR) is 69.7 cm³/mol. The summed E-state index contributed by atoms with van der Waals surface area (Å²) >= 11 is 0.852. The van der Waals surface area contributed by atoms with E-state index in [0.29, 0.717) is 4.88 Å². The van der Waals surface area contributed by atoms with E-state index in [1.54, 1.807) is 0 Å². The van der Waals surface area contributed by atoms with Crippen LogP contribution in [0.4, 0.5) is 13.2 Å². The summed E-state index contributed by atoms with van der Waals surface area (Å²) in [5, 5.41) is 2.16. The van der Waals surface area contributed by atoms with Gasteiger partial charge in [0, 0.05) is 21.6 Å². The number of carbonyl (C=O) groups is 1. The molecule has 0 saturated carbocycles. The Balaban J connectivity index is 2.84. The molecule has 0 spiro atoms. The van der Waals surface area contributed by atoms with Gasteiger partial charge in [-0.05, 0) is 19.9 Å². The Bertz CT molecular complexity index is 610. The summed E-state index contributed by atoms with van der Waals surface area (Å²) < 4.78 is 58.8. The molecule has 1 atom stereocenters. The average Bonchev–Trinajstić information content (AvgIpc) is 2.56. The highest BCUT2D eigenvalue weighted by Crippen LogP contribution is 2.28. The van der Waals surface area contributed by atoms with Gasteiger partial charge in [-0.15, -0.1) is 11.3 Å². The molecule has 0 saturated heterocycles. The van der Waals surface area contributed by atoms with E-state index < -0.39 is 33.6 Å². The third-order valence-electron chi connectivity index (χ3n) is 2.27. The van der Waals surface area contributed by atoms with Gasteiger partial charge < -0.3 is 5.32 Å². The second kappa shape index (κ2) is 5.90. The van der Waals surface area contributed by atoms with Gasteiger partial charge >= 0.3 is 6.18 Å². The molecule has 0 aliphatic heterocycles. The fraction of sp³-hybridized carbons (Fsp3) is 0.500. The van der Waals surface area contributed by atoms with Gasteiger partial charge in [-0.25, -0.2) is 8.42 Å². The summed E-state index contributed by atoms with van der Waals surface area (Å²) in [6.07, 6.45) is -5.55. The van der Waals surface area contributed by atoms with Crippen molar-refractivity contribution in [2.75, 3.05) is 0 Å². The third kappa shape index (κ3) is 4.95. The summed E-state index contributed by atoms with van der Waals surface area (Å²) in [5.74, 6) is -0.763. The second-order valence-electron chi connectivity index (χ2n) is 4.16. The Kier molecular flexibility index (Phi) is 5.09. The number of alkyl halides is 3. The van der Waals surface area contributed by atoms with Gasteiger partial charge in [-0.1, -0.05) is 0 Å². The van der Waals surface area contributed by atoms with E-state index in [2.05, 4.69) is 5.32 Å². The Morgan fingerprint density at radius 2 is 2.05 bits per heavy atom. The van der Waals surface area contributed by atoms with Crippen LogP contribution in [-0.2, 0) is 9.05 Å². The van der Waals surface area contributed by atoms with Gasteiger partial charge in [0.05, 0.1) is 16.2 Å². The third-order valence-corrected chi connectivity index (χ3v) is 4.90. The molecule has 1 amide bonds. The Morgan fingerprint density at radius 3 is 2.45 bits per heavy atom. The van der Waals surface area contributed by atoms with Crippen LogP contribution in [0, 0.1) is 6.92 Å². The lowest BCUT2D eigenvalue weighted by Crippen LogP contribution is -2.35. The van der Waals surface area contributed by atoms with Gasteiger partial charge in [-0.2, -0.15) is 13.2 Å². The van der Waals surface area contributed by atoms with Crippen molar-refractivity contribution in [2.24, 2.45) is 0 Å². The molecule has 0 radical (unpaired) electrons. The lowest BCUT2D eigenvalue weighted by Gasteiger charge is -2.15. The van der Waals surface area contributed by atoms with Crippen molar-refractivity contribution in [1.82, 2.24) is 5.32 Å². The Labute approximate surface area is 122 Å². The number of aryl methyl sites for hydroxylation is 1. The first kappa shape index (κ1) is 17.3. The molecule has 20 heavy (non-hydrogen) atoms. The number of nitrogens with one attached hydrogen (secondary N) is 1. The van der Waals surface area contributed by atoms with E-state index in [9.17, 15) is 26.4 Å². The van der Waals surface area contributed by atoms with Crippen LogP contribution in [0.1, 0.15) is 27.9 Å². The SMILES string of the molecule is Cc1sc(C(=O)NC(C)CC(F)(F)F)cc1S(=O)(=O)Cl. The van der Waals surface area contributed by atoms with Crippen molar-refractivity contribution >= 4 is 37.0 Å². The summed E-state index contributed by atoms with van der Waals surface area (Å²) in [4.78, 5) is 11.8. The zero-order chi connectivity index (χ0) is 15.7. The molecule has 1 aromatic heterocycles. The van der Waals surface area contributed by atoms with Crippen molar-refractivity contribution in [3.05, 3.63) is 15.8 Å². The van der Waals surface area contributed by atoms with E-state index in [0.717, 1.165) is 17.4 Å². The normalized spacial score (nSPS) is 14.1. The largest absolute Gasteiger partial charge is 0.391 e. The molecule has 1 unspecified atom stereocenters. The lowest BCUT2D eigenvalue weighted by molar-refractivity contribution is -0.138. The molecule has 1 aromatic rings. The fourth-order valence-corrected chi connectivity index (χ4v) is 4.08. The minimum Gasteiger partial charge on any atom is -0.349 e. The maximum Gasteiger partial charge on any atom is 0.391 e. The van der Waals surface area contributed by atoms with Crippen molar-refractivity contribution < 1.29 is 26.4 Å². The predicted octanol–water partition coefficient (Wildman–Crippen LogP) is 3.05. The topological polar surface area (TPSA) is 63.2 Å². The van der Waals surface area contributed by atoms with Crippen LogP contribution in [0.2, 0.25) is 0 Å². The van der Waals surface area contributed by atoms with Crippen molar-refractivity contribution in [3.8, 4) is 0 Å². The molecule has 4 nitrogen and oxygen atoms in total. The highest BCUT2D eigenvalue weighted by Gasteiger charge is 2.31. The van der Waals surface area contributed by atoms with Crippen LogP contribution in [0.25, 0.3) is 0 Å². The summed E-state index contributed by atoms with van der Waals surface area (Å²) in [7, 11) is 1.19. The number of thiophene rings is 1. The zero-order valence-electron chi connectivity index (χ0n) is 10.4. The van der Waals surface area contributed by atoms with Crippen molar-refractivity contribution in [1.29, 1.82) is 0 Å². The zero-order valence-corrected chi connectivity index (χ0v) is 12.8.